The highest BCUT2D eigenvalue weighted by Crippen LogP contribution is 2.33. The van der Waals surface area contributed by atoms with Crippen LogP contribution in [0.2, 0.25) is 0 Å². The van der Waals surface area contributed by atoms with Gasteiger partial charge in [0, 0.05) is 45.1 Å². The minimum atomic E-state index is 0. The van der Waals surface area contributed by atoms with Crippen molar-refractivity contribution >= 4 is 41.7 Å². The van der Waals surface area contributed by atoms with E-state index in [0.29, 0.717) is 0 Å². The zero-order valence-electron chi connectivity index (χ0n) is 15.2. The van der Waals surface area contributed by atoms with E-state index >= 15 is 0 Å². The first-order valence-corrected chi connectivity index (χ1v) is 9.42. The van der Waals surface area contributed by atoms with Gasteiger partial charge in [-0.25, -0.2) is 0 Å². The van der Waals surface area contributed by atoms with E-state index in [4.69, 9.17) is 4.74 Å². The summed E-state index contributed by atoms with van der Waals surface area (Å²) in [6.07, 6.45) is 4.39. The third kappa shape index (κ3) is 5.81. The predicted octanol–water partition coefficient (Wildman–Crippen LogP) is 3.53. The van der Waals surface area contributed by atoms with Crippen LogP contribution in [-0.2, 0) is 11.3 Å². The van der Waals surface area contributed by atoms with E-state index in [9.17, 15) is 0 Å². The van der Waals surface area contributed by atoms with Crippen LogP contribution in [-0.4, -0.2) is 55.7 Å². The number of rotatable bonds is 5. The molecule has 136 valence electrons. The number of nitrogens with one attached hydrogen (secondary N) is 1. The summed E-state index contributed by atoms with van der Waals surface area (Å²) in [6.45, 7) is 5.68. The Kier molecular flexibility index (Phi) is 9.44. The number of thioether (sulfide) groups is 1. The first-order chi connectivity index (χ1) is 11.1. The summed E-state index contributed by atoms with van der Waals surface area (Å²) in [5.74, 6) is 0.952. The maximum atomic E-state index is 5.52. The number of nitrogens with zero attached hydrogens (tertiary/aromatic N) is 2. The number of hydrogen-bond acceptors (Lipinski definition) is 3. The van der Waals surface area contributed by atoms with Gasteiger partial charge in [0.05, 0.1) is 0 Å². The second-order valence-electron chi connectivity index (χ2n) is 6.18. The average Bonchev–Trinajstić information content (AvgIpc) is 2.58. The van der Waals surface area contributed by atoms with Gasteiger partial charge in [0.1, 0.15) is 0 Å². The van der Waals surface area contributed by atoms with Crippen LogP contribution in [0.4, 0.5) is 0 Å². The number of aryl methyl sites for hydroxylation is 1. The van der Waals surface area contributed by atoms with Gasteiger partial charge in [-0.2, -0.15) is 11.8 Å². The second kappa shape index (κ2) is 10.5. The molecule has 1 aromatic carbocycles. The van der Waals surface area contributed by atoms with Gasteiger partial charge in [-0.05, 0) is 37.1 Å². The molecular formula is C18H30IN3OS. The van der Waals surface area contributed by atoms with Crippen LogP contribution < -0.4 is 5.32 Å². The lowest BCUT2D eigenvalue weighted by molar-refractivity contribution is 0.0781. The van der Waals surface area contributed by atoms with E-state index < -0.39 is 0 Å². The fourth-order valence-electron chi connectivity index (χ4n) is 2.94. The van der Waals surface area contributed by atoms with Crippen LogP contribution in [0.25, 0.3) is 0 Å². The summed E-state index contributed by atoms with van der Waals surface area (Å²) < 4.78 is 5.78. The maximum absolute atomic E-state index is 5.52. The van der Waals surface area contributed by atoms with Gasteiger partial charge in [0.2, 0.25) is 0 Å². The van der Waals surface area contributed by atoms with Crippen molar-refractivity contribution < 1.29 is 4.74 Å². The number of hydrogen-bond donors (Lipinski definition) is 1. The predicted molar refractivity (Wildman–Crippen MR) is 116 cm³/mol. The van der Waals surface area contributed by atoms with Crippen molar-refractivity contribution in [2.24, 2.45) is 4.99 Å². The van der Waals surface area contributed by atoms with Crippen LogP contribution >= 0.6 is 35.7 Å². The molecular weight excluding hydrogens is 433 g/mol. The minimum Gasteiger partial charge on any atom is -0.381 e. The van der Waals surface area contributed by atoms with Crippen molar-refractivity contribution in [2.45, 2.75) is 31.1 Å². The van der Waals surface area contributed by atoms with Crippen LogP contribution in [0.1, 0.15) is 24.0 Å². The molecule has 0 spiro atoms. The molecule has 0 bridgehead atoms. The zero-order valence-corrected chi connectivity index (χ0v) is 18.3. The summed E-state index contributed by atoms with van der Waals surface area (Å²) in [6, 6.07) is 8.52. The Balaban J connectivity index is 0.00000288. The summed E-state index contributed by atoms with van der Waals surface area (Å²) >= 11 is 1.95. The largest absolute Gasteiger partial charge is 0.381 e. The monoisotopic (exact) mass is 463 g/mol. The summed E-state index contributed by atoms with van der Waals surface area (Å²) in [5.41, 5.74) is 2.66. The fourth-order valence-corrected chi connectivity index (χ4v) is 3.73. The van der Waals surface area contributed by atoms with Crippen molar-refractivity contribution in [3.63, 3.8) is 0 Å². The SMILES string of the molecule is CN=C(NCC1(SC)CCOCC1)N(C)Cc1ccccc1C.I. The molecule has 0 amide bonds. The van der Waals surface area contributed by atoms with Gasteiger partial charge in [0.15, 0.2) is 5.96 Å². The molecule has 0 unspecified atom stereocenters. The second-order valence-corrected chi connectivity index (χ2v) is 7.46. The Morgan fingerprint density at radius 3 is 2.58 bits per heavy atom. The molecule has 1 heterocycles. The first-order valence-electron chi connectivity index (χ1n) is 8.19. The lowest BCUT2D eigenvalue weighted by Crippen LogP contribution is -2.48. The van der Waals surface area contributed by atoms with Crippen LogP contribution in [0, 0.1) is 6.92 Å². The van der Waals surface area contributed by atoms with E-state index in [1.54, 1.807) is 0 Å². The molecule has 2 rings (SSSR count). The summed E-state index contributed by atoms with van der Waals surface area (Å²) in [5, 5.41) is 3.57. The molecule has 0 atom stereocenters. The van der Waals surface area contributed by atoms with Gasteiger partial charge < -0.3 is 15.0 Å². The van der Waals surface area contributed by atoms with Gasteiger partial charge >= 0.3 is 0 Å². The molecule has 24 heavy (non-hydrogen) atoms. The van der Waals surface area contributed by atoms with Crippen molar-refractivity contribution in [1.82, 2.24) is 10.2 Å². The molecule has 1 aliphatic heterocycles. The van der Waals surface area contributed by atoms with Crippen molar-refractivity contribution in [1.29, 1.82) is 0 Å². The molecule has 1 aromatic rings. The minimum absolute atomic E-state index is 0. The lowest BCUT2D eigenvalue weighted by Gasteiger charge is -2.37. The van der Waals surface area contributed by atoms with Gasteiger partial charge in [0.25, 0.3) is 0 Å². The Hall–Kier alpha value is -0.470. The molecule has 1 saturated heterocycles. The molecule has 1 N–H and O–H groups in total. The van der Waals surface area contributed by atoms with Crippen LogP contribution in [0.15, 0.2) is 29.3 Å². The molecule has 0 aromatic heterocycles. The standard InChI is InChI=1S/C18H29N3OS.HI/c1-15-7-5-6-8-16(15)13-21(3)17(19-2)20-14-18(23-4)9-11-22-12-10-18;/h5-8H,9-14H2,1-4H3,(H,19,20);1H. The Bertz CT molecular complexity index is 533. The number of ether oxygens (including phenoxy) is 1. The number of benzene rings is 1. The normalized spacial score (nSPS) is 17.1. The van der Waals surface area contributed by atoms with Crippen LogP contribution in [0.5, 0.6) is 0 Å². The van der Waals surface area contributed by atoms with Gasteiger partial charge in [-0.1, -0.05) is 24.3 Å². The van der Waals surface area contributed by atoms with E-state index in [1.807, 2.05) is 18.8 Å². The smallest absolute Gasteiger partial charge is 0.193 e. The highest BCUT2D eigenvalue weighted by Gasteiger charge is 2.32. The van der Waals surface area contributed by atoms with Crippen molar-refractivity contribution in [2.75, 3.05) is 40.1 Å². The molecule has 6 heteroatoms. The highest BCUT2D eigenvalue weighted by atomic mass is 127. The summed E-state index contributed by atoms with van der Waals surface area (Å²) in [4.78, 5) is 6.64. The van der Waals surface area contributed by atoms with E-state index in [0.717, 1.165) is 45.1 Å². The molecule has 0 saturated carbocycles. The third-order valence-corrected chi connectivity index (χ3v) is 6.07. The van der Waals surface area contributed by atoms with E-state index in [-0.39, 0.29) is 28.7 Å². The average molecular weight is 463 g/mol. The first kappa shape index (κ1) is 21.6. The molecule has 1 fully saturated rings. The van der Waals surface area contributed by atoms with Gasteiger partial charge in [-0.15, -0.1) is 24.0 Å². The van der Waals surface area contributed by atoms with E-state index in [1.165, 1.54) is 11.1 Å². The quantitative estimate of drug-likeness (QED) is 0.412. The zero-order chi connectivity index (χ0) is 16.7. The fraction of sp³-hybridized carbons (Fsp3) is 0.611. The number of aliphatic imine (C=N–C) groups is 1. The maximum Gasteiger partial charge on any atom is 0.193 e. The highest BCUT2D eigenvalue weighted by molar-refractivity contribution is 14.0. The topological polar surface area (TPSA) is 36.9 Å². The Morgan fingerprint density at radius 1 is 1.33 bits per heavy atom. The van der Waals surface area contributed by atoms with E-state index in [2.05, 4.69) is 59.7 Å². The lowest BCUT2D eigenvalue weighted by atomic mass is 9.99. The van der Waals surface area contributed by atoms with Crippen molar-refractivity contribution in [3.8, 4) is 0 Å². The van der Waals surface area contributed by atoms with Crippen LogP contribution in [0.3, 0.4) is 0 Å². The molecule has 0 aliphatic carbocycles. The number of guanidine groups is 1. The number of halogens is 1. The molecule has 4 nitrogen and oxygen atoms in total. The molecule has 0 radical (unpaired) electrons. The Morgan fingerprint density at radius 2 is 2.00 bits per heavy atom. The molecule has 1 aliphatic rings. The Labute approximate surface area is 167 Å². The third-order valence-electron chi connectivity index (χ3n) is 4.65. The summed E-state index contributed by atoms with van der Waals surface area (Å²) in [7, 11) is 3.95. The van der Waals surface area contributed by atoms with Crippen molar-refractivity contribution in [3.05, 3.63) is 35.4 Å². The van der Waals surface area contributed by atoms with Gasteiger partial charge in [-0.3, -0.25) is 4.99 Å².